The molecule has 0 atom stereocenters. The second kappa shape index (κ2) is 5.61. The Labute approximate surface area is 112 Å². The molecule has 0 aliphatic carbocycles. The molecule has 0 unspecified atom stereocenters. The molecule has 90 valence electrons. The molecule has 0 aliphatic heterocycles. The summed E-state index contributed by atoms with van der Waals surface area (Å²) in [5.74, 6) is -0.253. The second-order valence-corrected chi connectivity index (χ2v) is 4.56. The van der Waals surface area contributed by atoms with E-state index >= 15 is 0 Å². The number of benzene rings is 1. The lowest BCUT2D eigenvalue weighted by Gasteiger charge is -2.07. The van der Waals surface area contributed by atoms with E-state index in [0.29, 0.717) is 10.9 Å². The number of rotatable bonds is 3. The molecule has 0 fully saturated rings. The van der Waals surface area contributed by atoms with Crippen LogP contribution in [0.4, 0.5) is 15.9 Å². The maximum absolute atomic E-state index is 13.5. The van der Waals surface area contributed by atoms with Gasteiger partial charge in [0.2, 0.25) is 0 Å². The molecule has 0 bridgehead atoms. The smallest absolute Gasteiger partial charge is 0.166 e. The molecule has 3 nitrogen and oxygen atoms in total. The molecular formula is C13H9BrFN3. The van der Waals surface area contributed by atoms with Crippen LogP contribution < -0.4 is 5.32 Å². The molecule has 18 heavy (non-hydrogen) atoms. The molecule has 0 amide bonds. The summed E-state index contributed by atoms with van der Waals surface area (Å²) in [4.78, 5) is 3.95. The van der Waals surface area contributed by atoms with E-state index in [9.17, 15) is 4.39 Å². The van der Waals surface area contributed by atoms with Gasteiger partial charge in [0.15, 0.2) is 11.6 Å². The third-order valence-corrected chi connectivity index (χ3v) is 2.74. The molecule has 1 aromatic carbocycles. The molecular weight excluding hydrogens is 297 g/mol. The highest BCUT2D eigenvalue weighted by Gasteiger charge is 2.04. The van der Waals surface area contributed by atoms with Gasteiger partial charge in [0.05, 0.1) is 12.5 Å². The predicted molar refractivity (Wildman–Crippen MR) is 70.9 cm³/mol. The van der Waals surface area contributed by atoms with Crippen LogP contribution in [0.3, 0.4) is 0 Å². The number of anilines is 2. The molecule has 0 radical (unpaired) electrons. The third-order valence-electron chi connectivity index (χ3n) is 2.31. The van der Waals surface area contributed by atoms with Crippen LogP contribution in [-0.2, 0) is 6.42 Å². The van der Waals surface area contributed by atoms with Crippen molar-refractivity contribution in [3.8, 4) is 6.07 Å². The van der Waals surface area contributed by atoms with Crippen LogP contribution in [0.2, 0.25) is 0 Å². The molecule has 2 aromatic rings. The summed E-state index contributed by atoms with van der Waals surface area (Å²) in [6, 6.07) is 10.6. The highest BCUT2D eigenvalue weighted by Crippen LogP contribution is 2.20. The zero-order chi connectivity index (χ0) is 13.0. The molecule has 0 spiro atoms. The maximum atomic E-state index is 13.5. The van der Waals surface area contributed by atoms with Gasteiger partial charge in [-0.2, -0.15) is 5.26 Å². The Hall–Kier alpha value is -1.93. The number of pyridine rings is 1. The molecule has 0 saturated carbocycles. The molecule has 1 N–H and O–H groups in total. The van der Waals surface area contributed by atoms with E-state index in [-0.39, 0.29) is 5.82 Å². The lowest BCUT2D eigenvalue weighted by atomic mass is 10.1. The average molecular weight is 306 g/mol. The van der Waals surface area contributed by atoms with Gasteiger partial charge in [0.25, 0.3) is 0 Å². The molecule has 1 aromatic heterocycles. The standard InChI is InChI=1S/C13H9BrFN3/c14-10-7-12(15)13(17-8-10)18-11-3-1-9(2-4-11)5-6-16/h1-4,7-8H,5H2,(H,17,18). The van der Waals surface area contributed by atoms with Crippen LogP contribution in [-0.4, -0.2) is 4.98 Å². The summed E-state index contributed by atoms with van der Waals surface area (Å²) in [6.07, 6.45) is 1.89. The highest BCUT2D eigenvalue weighted by atomic mass is 79.9. The van der Waals surface area contributed by atoms with E-state index in [1.807, 2.05) is 12.1 Å². The van der Waals surface area contributed by atoms with Crippen LogP contribution in [0.25, 0.3) is 0 Å². The van der Waals surface area contributed by atoms with Crippen molar-refractivity contribution in [2.24, 2.45) is 0 Å². The SMILES string of the molecule is N#CCc1ccc(Nc2ncc(Br)cc2F)cc1. The van der Waals surface area contributed by atoms with Crippen LogP contribution in [0.5, 0.6) is 0 Å². The number of nitriles is 1. The van der Waals surface area contributed by atoms with Gasteiger partial charge >= 0.3 is 0 Å². The van der Waals surface area contributed by atoms with E-state index in [0.717, 1.165) is 11.3 Å². The van der Waals surface area contributed by atoms with Crippen molar-refractivity contribution < 1.29 is 4.39 Å². The van der Waals surface area contributed by atoms with Gasteiger partial charge in [0.1, 0.15) is 0 Å². The Balaban J connectivity index is 2.16. The van der Waals surface area contributed by atoms with Gasteiger partial charge in [-0.1, -0.05) is 12.1 Å². The van der Waals surface area contributed by atoms with E-state index in [4.69, 9.17) is 5.26 Å². The quantitative estimate of drug-likeness (QED) is 0.938. The van der Waals surface area contributed by atoms with Gasteiger partial charge in [-0.3, -0.25) is 0 Å². The van der Waals surface area contributed by atoms with Crippen molar-refractivity contribution in [3.63, 3.8) is 0 Å². The maximum Gasteiger partial charge on any atom is 0.166 e. The van der Waals surface area contributed by atoms with Crippen molar-refractivity contribution >= 4 is 27.4 Å². The summed E-state index contributed by atoms with van der Waals surface area (Å²) in [5.41, 5.74) is 1.65. The van der Waals surface area contributed by atoms with Crippen LogP contribution in [0, 0.1) is 17.1 Å². The molecule has 5 heteroatoms. The first-order chi connectivity index (χ1) is 8.69. The minimum atomic E-state index is -0.425. The number of aromatic nitrogens is 1. The van der Waals surface area contributed by atoms with Gasteiger partial charge < -0.3 is 5.32 Å². The van der Waals surface area contributed by atoms with Gasteiger partial charge in [-0.25, -0.2) is 9.37 Å². The lowest BCUT2D eigenvalue weighted by molar-refractivity contribution is 0.625. The van der Waals surface area contributed by atoms with Crippen LogP contribution >= 0.6 is 15.9 Å². The minimum Gasteiger partial charge on any atom is -0.338 e. The molecule has 1 heterocycles. The van der Waals surface area contributed by atoms with Crippen molar-refractivity contribution in [1.82, 2.24) is 4.98 Å². The minimum absolute atomic E-state index is 0.172. The summed E-state index contributed by atoms with van der Waals surface area (Å²) in [7, 11) is 0. The summed E-state index contributed by atoms with van der Waals surface area (Å²) in [5, 5.41) is 11.4. The Morgan fingerprint density at radius 2 is 2.06 bits per heavy atom. The van der Waals surface area contributed by atoms with Gasteiger partial charge in [0, 0.05) is 16.4 Å². The van der Waals surface area contributed by atoms with Gasteiger partial charge in [-0.15, -0.1) is 0 Å². The summed E-state index contributed by atoms with van der Waals surface area (Å²) < 4.78 is 14.1. The number of hydrogen-bond acceptors (Lipinski definition) is 3. The predicted octanol–water partition coefficient (Wildman–Crippen LogP) is 3.79. The molecule has 2 rings (SSSR count). The van der Waals surface area contributed by atoms with E-state index < -0.39 is 5.82 Å². The Morgan fingerprint density at radius 3 is 2.67 bits per heavy atom. The van der Waals surface area contributed by atoms with E-state index in [1.54, 1.807) is 12.1 Å². The average Bonchev–Trinajstić information content (AvgIpc) is 2.35. The van der Waals surface area contributed by atoms with Crippen LogP contribution in [0.1, 0.15) is 5.56 Å². The Bertz CT molecular complexity index is 590. The number of nitrogens with zero attached hydrogens (tertiary/aromatic N) is 2. The number of halogens is 2. The zero-order valence-corrected chi connectivity index (χ0v) is 10.9. The second-order valence-electron chi connectivity index (χ2n) is 3.64. The fourth-order valence-corrected chi connectivity index (χ4v) is 1.74. The molecule has 0 saturated heterocycles. The summed E-state index contributed by atoms with van der Waals surface area (Å²) in [6.45, 7) is 0. The first-order valence-corrected chi connectivity index (χ1v) is 6.02. The first-order valence-electron chi connectivity index (χ1n) is 5.23. The van der Waals surface area contributed by atoms with Crippen molar-refractivity contribution in [3.05, 3.63) is 52.4 Å². The topological polar surface area (TPSA) is 48.7 Å². The normalized spacial score (nSPS) is 9.83. The first kappa shape index (κ1) is 12.5. The zero-order valence-electron chi connectivity index (χ0n) is 9.32. The van der Waals surface area contributed by atoms with Crippen molar-refractivity contribution in [2.45, 2.75) is 6.42 Å². The van der Waals surface area contributed by atoms with Gasteiger partial charge in [-0.05, 0) is 39.7 Å². The third kappa shape index (κ3) is 3.05. The summed E-state index contributed by atoms with van der Waals surface area (Å²) >= 11 is 3.15. The van der Waals surface area contributed by atoms with Crippen molar-refractivity contribution in [2.75, 3.05) is 5.32 Å². The fraction of sp³-hybridized carbons (Fsp3) is 0.0769. The fourth-order valence-electron chi connectivity index (χ4n) is 1.44. The largest absolute Gasteiger partial charge is 0.338 e. The number of hydrogen-bond donors (Lipinski definition) is 1. The van der Waals surface area contributed by atoms with E-state index in [2.05, 4.69) is 32.3 Å². The Morgan fingerprint density at radius 1 is 1.33 bits per heavy atom. The van der Waals surface area contributed by atoms with E-state index in [1.165, 1.54) is 12.3 Å². The number of nitrogens with one attached hydrogen (secondary N) is 1. The van der Waals surface area contributed by atoms with Crippen LogP contribution in [0.15, 0.2) is 41.0 Å². The highest BCUT2D eigenvalue weighted by molar-refractivity contribution is 9.10. The van der Waals surface area contributed by atoms with Crippen molar-refractivity contribution in [1.29, 1.82) is 5.26 Å². The Kier molecular flexibility index (Phi) is 3.90. The molecule has 0 aliphatic rings. The monoisotopic (exact) mass is 305 g/mol. The lowest BCUT2D eigenvalue weighted by Crippen LogP contribution is -1.97.